The van der Waals surface area contributed by atoms with Gasteiger partial charge in [-0.05, 0) is 32.7 Å². The molecular weight excluding hydrogens is 254 g/mol. The van der Waals surface area contributed by atoms with Crippen LogP contribution in [0.25, 0.3) is 0 Å². The van der Waals surface area contributed by atoms with Crippen molar-refractivity contribution >= 4 is 11.3 Å². The molecule has 1 aliphatic rings. The molecule has 2 rings (SSSR count). The number of hydrogen-bond acceptors (Lipinski definition) is 4. The van der Waals surface area contributed by atoms with Crippen LogP contribution in [0.4, 0.5) is 0 Å². The van der Waals surface area contributed by atoms with Gasteiger partial charge in [0.1, 0.15) is 5.01 Å². The van der Waals surface area contributed by atoms with Gasteiger partial charge in [-0.3, -0.25) is 4.90 Å². The summed E-state index contributed by atoms with van der Waals surface area (Å²) in [6.07, 6.45) is 4.48. The van der Waals surface area contributed by atoms with Crippen LogP contribution in [0.3, 0.4) is 0 Å². The third-order valence-corrected chi connectivity index (χ3v) is 5.42. The summed E-state index contributed by atoms with van der Waals surface area (Å²) >= 11 is 1.84. The Morgan fingerprint density at radius 3 is 2.95 bits per heavy atom. The zero-order valence-electron chi connectivity index (χ0n) is 12.6. The van der Waals surface area contributed by atoms with Crippen LogP contribution in [-0.2, 0) is 0 Å². The fraction of sp³-hybridized carbons (Fsp3) is 0.800. The fourth-order valence-electron chi connectivity index (χ4n) is 2.72. The van der Waals surface area contributed by atoms with Crippen LogP contribution in [0.1, 0.15) is 49.5 Å². The lowest BCUT2D eigenvalue weighted by atomic mass is 9.98. The molecule has 1 N–H and O–H groups in total. The average molecular weight is 281 g/mol. The van der Waals surface area contributed by atoms with Crippen LogP contribution < -0.4 is 5.32 Å². The molecule has 1 aromatic heterocycles. The van der Waals surface area contributed by atoms with Crippen molar-refractivity contribution in [1.82, 2.24) is 15.2 Å². The number of nitrogens with one attached hydrogen (secondary N) is 1. The minimum Gasteiger partial charge on any atom is -0.312 e. The smallest absolute Gasteiger partial charge is 0.110 e. The third-order valence-electron chi connectivity index (χ3n) is 4.33. The highest BCUT2D eigenvalue weighted by atomic mass is 32.1. The maximum Gasteiger partial charge on any atom is 0.110 e. The first-order valence-corrected chi connectivity index (χ1v) is 8.33. The molecule has 2 heterocycles. The number of aryl methyl sites for hydroxylation is 1. The first kappa shape index (κ1) is 14.9. The molecule has 3 nitrogen and oxygen atoms in total. The van der Waals surface area contributed by atoms with E-state index in [1.165, 1.54) is 29.3 Å². The quantitative estimate of drug-likeness (QED) is 0.918. The Hall–Kier alpha value is -0.450. The SMILES string of the molecule is CCC(C)C1CN(C(C)c2ncc(C)s2)CCCN1. The first-order chi connectivity index (χ1) is 9.11. The maximum absolute atomic E-state index is 4.57. The number of rotatable bonds is 4. The van der Waals surface area contributed by atoms with Crippen LogP contribution in [0, 0.1) is 12.8 Å². The molecule has 4 heteroatoms. The molecule has 0 amide bonds. The van der Waals surface area contributed by atoms with Crippen molar-refractivity contribution in [2.24, 2.45) is 5.92 Å². The summed E-state index contributed by atoms with van der Waals surface area (Å²) in [7, 11) is 0. The summed E-state index contributed by atoms with van der Waals surface area (Å²) in [5, 5.41) is 4.98. The highest BCUT2D eigenvalue weighted by Crippen LogP contribution is 2.26. The molecule has 3 unspecified atom stereocenters. The highest BCUT2D eigenvalue weighted by Gasteiger charge is 2.26. The summed E-state index contributed by atoms with van der Waals surface area (Å²) in [6, 6.07) is 1.07. The molecule has 1 aliphatic heterocycles. The van der Waals surface area contributed by atoms with Gasteiger partial charge in [-0.1, -0.05) is 20.3 Å². The molecule has 0 bridgehead atoms. The van der Waals surface area contributed by atoms with Crippen LogP contribution in [0.2, 0.25) is 0 Å². The first-order valence-electron chi connectivity index (χ1n) is 7.51. The molecule has 1 aromatic rings. The van der Waals surface area contributed by atoms with Gasteiger partial charge in [0.15, 0.2) is 0 Å². The topological polar surface area (TPSA) is 28.2 Å². The average Bonchev–Trinajstić information content (AvgIpc) is 2.70. The molecule has 0 spiro atoms. The van der Waals surface area contributed by atoms with E-state index in [0.29, 0.717) is 12.1 Å². The lowest BCUT2D eigenvalue weighted by Gasteiger charge is -2.31. The van der Waals surface area contributed by atoms with Gasteiger partial charge in [0.05, 0.1) is 6.04 Å². The predicted molar refractivity (Wildman–Crippen MR) is 82.7 cm³/mol. The molecule has 1 fully saturated rings. The second-order valence-electron chi connectivity index (χ2n) is 5.78. The molecule has 3 atom stereocenters. The van der Waals surface area contributed by atoms with Gasteiger partial charge in [-0.2, -0.15) is 0 Å². The van der Waals surface area contributed by atoms with Crippen LogP contribution in [-0.4, -0.2) is 35.6 Å². The van der Waals surface area contributed by atoms with Gasteiger partial charge >= 0.3 is 0 Å². The van der Waals surface area contributed by atoms with Crippen molar-refractivity contribution in [3.05, 3.63) is 16.1 Å². The highest BCUT2D eigenvalue weighted by molar-refractivity contribution is 7.11. The van der Waals surface area contributed by atoms with E-state index >= 15 is 0 Å². The van der Waals surface area contributed by atoms with E-state index < -0.39 is 0 Å². The Morgan fingerprint density at radius 1 is 1.53 bits per heavy atom. The van der Waals surface area contributed by atoms with Crippen molar-refractivity contribution in [2.45, 2.75) is 52.6 Å². The molecule has 0 aromatic carbocycles. The lowest BCUT2D eigenvalue weighted by molar-refractivity contribution is 0.188. The lowest BCUT2D eigenvalue weighted by Crippen LogP contribution is -2.42. The van der Waals surface area contributed by atoms with Crippen LogP contribution >= 0.6 is 11.3 Å². The van der Waals surface area contributed by atoms with Gasteiger partial charge in [-0.15, -0.1) is 11.3 Å². The largest absolute Gasteiger partial charge is 0.312 e. The van der Waals surface area contributed by atoms with Gasteiger partial charge in [0.2, 0.25) is 0 Å². The molecule has 19 heavy (non-hydrogen) atoms. The summed E-state index contributed by atoms with van der Waals surface area (Å²) < 4.78 is 0. The summed E-state index contributed by atoms with van der Waals surface area (Å²) in [5.74, 6) is 0.742. The van der Waals surface area contributed by atoms with Gasteiger partial charge in [-0.25, -0.2) is 4.98 Å². The minimum atomic E-state index is 0.449. The second-order valence-corrected chi connectivity index (χ2v) is 7.05. The van der Waals surface area contributed by atoms with Crippen molar-refractivity contribution < 1.29 is 0 Å². The maximum atomic E-state index is 4.57. The van der Waals surface area contributed by atoms with Crippen LogP contribution in [0.5, 0.6) is 0 Å². The van der Waals surface area contributed by atoms with E-state index in [4.69, 9.17) is 0 Å². The van der Waals surface area contributed by atoms with Gasteiger partial charge in [0.25, 0.3) is 0 Å². The van der Waals surface area contributed by atoms with E-state index in [0.717, 1.165) is 19.0 Å². The molecule has 0 saturated carbocycles. The predicted octanol–water partition coefficient (Wildman–Crippen LogP) is 3.22. The van der Waals surface area contributed by atoms with E-state index in [9.17, 15) is 0 Å². The standard InChI is InChI=1S/C15H27N3S/c1-5-11(2)14-10-18(8-6-7-16-14)13(4)15-17-9-12(3)19-15/h9,11,13-14,16H,5-8,10H2,1-4H3. The minimum absolute atomic E-state index is 0.449. The van der Waals surface area contributed by atoms with Crippen molar-refractivity contribution in [3.8, 4) is 0 Å². The second kappa shape index (κ2) is 6.82. The number of nitrogens with zero attached hydrogens (tertiary/aromatic N) is 2. The Kier molecular flexibility index (Phi) is 5.37. The summed E-state index contributed by atoms with van der Waals surface area (Å²) in [4.78, 5) is 8.49. The van der Waals surface area contributed by atoms with E-state index in [1.807, 2.05) is 17.5 Å². The van der Waals surface area contributed by atoms with E-state index in [1.54, 1.807) is 0 Å². The van der Waals surface area contributed by atoms with Crippen molar-refractivity contribution in [2.75, 3.05) is 19.6 Å². The fourth-order valence-corrected chi connectivity index (χ4v) is 3.58. The summed E-state index contributed by atoms with van der Waals surface area (Å²) in [5.41, 5.74) is 0. The Bertz CT molecular complexity index is 390. The molecule has 108 valence electrons. The van der Waals surface area contributed by atoms with Crippen LogP contribution in [0.15, 0.2) is 6.20 Å². The van der Waals surface area contributed by atoms with E-state index in [-0.39, 0.29) is 0 Å². The normalized spacial score (nSPS) is 24.9. The van der Waals surface area contributed by atoms with E-state index in [2.05, 4.69) is 42.9 Å². The van der Waals surface area contributed by atoms with Gasteiger partial charge < -0.3 is 5.32 Å². The van der Waals surface area contributed by atoms with Crippen molar-refractivity contribution in [1.29, 1.82) is 0 Å². The Balaban J connectivity index is 2.05. The Labute approximate surface area is 121 Å². The van der Waals surface area contributed by atoms with Crippen molar-refractivity contribution in [3.63, 3.8) is 0 Å². The third kappa shape index (κ3) is 3.77. The number of aromatic nitrogens is 1. The zero-order valence-corrected chi connectivity index (χ0v) is 13.5. The number of hydrogen-bond donors (Lipinski definition) is 1. The molecule has 1 saturated heterocycles. The summed E-state index contributed by atoms with van der Waals surface area (Å²) in [6.45, 7) is 12.6. The molecule has 0 aliphatic carbocycles. The monoisotopic (exact) mass is 281 g/mol. The molecule has 0 radical (unpaired) electrons. The zero-order chi connectivity index (χ0) is 13.8. The number of thiazole rings is 1. The van der Waals surface area contributed by atoms with Gasteiger partial charge in [0, 0.05) is 30.2 Å². The molecular formula is C15H27N3S. The Morgan fingerprint density at radius 2 is 2.32 bits per heavy atom.